The third-order valence-electron chi connectivity index (χ3n) is 8.11. The van der Waals surface area contributed by atoms with Gasteiger partial charge in [-0.2, -0.15) is 10.1 Å². The molecule has 198 valence electrons. The summed E-state index contributed by atoms with van der Waals surface area (Å²) in [5.41, 5.74) is 5.43. The molecule has 3 aliphatic rings. The van der Waals surface area contributed by atoms with Crippen molar-refractivity contribution in [2.45, 2.75) is 27.2 Å². The van der Waals surface area contributed by atoms with Crippen LogP contribution in [-0.4, -0.2) is 40.1 Å². The molecule has 3 aromatic rings. The van der Waals surface area contributed by atoms with Crippen LogP contribution in [0.25, 0.3) is 5.69 Å². The summed E-state index contributed by atoms with van der Waals surface area (Å²) < 4.78 is 7.76. The number of fused-ring (bicyclic) bond motifs is 5. The van der Waals surface area contributed by atoms with Crippen LogP contribution >= 0.6 is 0 Å². The summed E-state index contributed by atoms with van der Waals surface area (Å²) in [4.78, 5) is 38.2. The number of imide groups is 1. The lowest BCUT2D eigenvalue weighted by molar-refractivity contribution is -0.140. The number of para-hydroxylation sites is 1. The highest BCUT2D eigenvalue weighted by Crippen LogP contribution is 2.52. The zero-order valence-corrected chi connectivity index (χ0v) is 22.1. The first-order chi connectivity index (χ1) is 18.8. The summed E-state index contributed by atoms with van der Waals surface area (Å²) in [7, 11) is 0. The van der Waals surface area contributed by atoms with Crippen LogP contribution in [0.5, 0.6) is 5.75 Å². The topological polar surface area (TPSA) is 93.0 Å². The minimum atomic E-state index is -0.258. The fourth-order valence-electron chi connectivity index (χ4n) is 6.18. The van der Waals surface area contributed by atoms with E-state index >= 15 is 0 Å². The number of hydrogen-bond donors (Lipinski definition) is 1. The second-order valence-corrected chi connectivity index (χ2v) is 10.5. The van der Waals surface area contributed by atoms with Crippen LogP contribution in [0.2, 0.25) is 0 Å². The molecule has 4 atom stereocenters. The van der Waals surface area contributed by atoms with Gasteiger partial charge in [0.25, 0.3) is 17.7 Å². The maximum atomic E-state index is 12.9. The van der Waals surface area contributed by atoms with Gasteiger partial charge in [-0.3, -0.25) is 14.4 Å². The van der Waals surface area contributed by atoms with Crippen molar-refractivity contribution in [3.8, 4) is 11.4 Å². The first kappa shape index (κ1) is 24.9. The minimum Gasteiger partial charge on any atom is -0.484 e. The van der Waals surface area contributed by atoms with Crippen molar-refractivity contribution in [1.29, 1.82) is 0 Å². The molecule has 8 nitrogen and oxygen atoms in total. The highest BCUT2D eigenvalue weighted by atomic mass is 16.5. The number of allylic oxidation sites excluding steroid dienone is 2. The lowest BCUT2D eigenvalue weighted by Crippen LogP contribution is -2.28. The van der Waals surface area contributed by atoms with Crippen molar-refractivity contribution in [2.24, 2.45) is 28.8 Å². The lowest BCUT2D eigenvalue weighted by atomic mass is 9.85. The van der Waals surface area contributed by atoms with Crippen molar-refractivity contribution in [2.75, 3.05) is 11.9 Å². The molecule has 1 aliphatic heterocycles. The van der Waals surface area contributed by atoms with E-state index in [2.05, 4.69) is 27.1 Å². The molecular weight excluding hydrogens is 492 g/mol. The van der Waals surface area contributed by atoms with Gasteiger partial charge in [0.15, 0.2) is 6.61 Å². The number of rotatable bonds is 7. The second kappa shape index (κ2) is 9.69. The van der Waals surface area contributed by atoms with Crippen molar-refractivity contribution in [3.63, 3.8) is 0 Å². The fourth-order valence-corrected chi connectivity index (χ4v) is 6.18. The standard InChI is InChI=1S/C31H30N4O4/c1-18-6-4-5-7-26(18)33-27(36)17-39-25-12-10-24(11-13-25)34-19(2)14-23(20(34)3)16-32-35-30(37)28-21-8-9-22(15-21)29(28)31(35)38/h4-14,16,21-22,28-29H,15,17H2,1-3H3,(H,33,36)/t21-,22-,28-,29+/m0/s1. The van der Waals surface area contributed by atoms with Crippen LogP contribution < -0.4 is 10.1 Å². The zero-order valence-electron chi connectivity index (χ0n) is 22.1. The Bertz CT molecular complexity index is 1500. The van der Waals surface area contributed by atoms with Gasteiger partial charge in [0, 0.05) is 28.3 Å². The van der Waals surface area contributed by atoms with Gasteiger partial charge in [0.05, 0.1) is 18.1 Å². The molecule has 1 saturated carbocycles. The van der Waals surface area contributed by atoms with E-state index in [4.69, 9.17) is 4.74 Å². The normalized spacial score (nSPS) is 23.2. The first-order valence-electron chi connectivity index (χ1n) is 13.2. The molecule has 2 bridgehead atoms. The Labute approximate surface area is 227 Å². The summed E-state index contributed by atoms with van der Waals surface area (Å²) in [5.74, 6) is -0.199. The van der Waals surface area contributed by atoms with Gasteiger partial charge in [0.1, 0.15) is 5.75 Å². The third kappa shape index (κ3) is 4.35. The molecule has 0 spiro atoms. The maximum absolute atomic E-state index is 12.9. The van der Waals surface area contributed by atoms with Gasteiger partial charge < -0.3 is 14.6 Å². The zero-order chi connectivity index (χ0) is 27.3. The summed E-state index contributed by atoms with van der Waals surface area (Å²) in [5, 5.41) is 8.29. The molecule has 2 heterocycles. The van der Waals surface area contributed by atoms with Crippen molar-refractivity contribution in [3.05, 3.63) is 89.3 Å². The monoisotopic (exact) mass is 522 g/mol. The molecule has 1 N–H and O–H groups in total. The number of nitrogens with zero attached hydrogens (tertiary/aromatic N) is 3. The second-order valence-electron chi connectivity index (χ2n) is 10.5. The number of ether oxygens (including phenoxy) is 1. The molecule has 2 aliphatic carbocycles. The molecule has 39 heavy (non-hydrogen) atoms. The Morgan fingerprint density at radius 3 is 2.33 bits per heavy atom. The lowest BCUT2D eigenvalue weighted by Gasteiger charge is -2.13. The van der Waals surface area contributed by atoms with Gasteiger partial charge in [-0.15, -0.1) is 0 Å². The van der Waals surface area contributed by atoms with Crippen LogP contribution in [0.4, 0.5) is 5.69 Å². The van der Waals surface area contributed by atoms with E-state index in [0.29, 0.717) is 5.75 Å². The SMILES string of the molecule is Cc1ccccc1NC(=O)COc1ccc(-n2c(C)cc(C=NN3C(=O)[C@@H]4[C@H](C3=O)[C@H]3C=C[C@H]4C3)c2C)cc1. The maximum Gasteiger partial charge on any atom is 0.262 e. The van der Waals surface area contributed by atoms with E-state index in [1.54, 1.807) is 6.21 Å². The van der Waals surface area contributed by atoms with Crippen molar-refractivity contribution < 1.29 is 19.1 Å². The Balaban J connectivity index is 1.12. The van der Waals surface area contributed by atoms with Crippen LogP contribution in [0.1, 0.15) is 28.9 Å². The number of hydrogen-bond acceptors (Lipinski definition) is 5. The highest BCUT2D eigenvalue weighted by molar-refractivity contribution is 6.06. The summed E-state index contributed by atoms with van der Waals surface area (Å²) >= 11 is 0. The molecule has 6 rings (SSSR count). The van der Waals surface area contributed by atoms with E-state index < -0.39 is 0 Å². The van der Waals surface area contributed by atoms with Crippen LogP contribution in [0.3, 0.4) is 0 Å². The molecule has 2 aromatic carbocycles. The number of anilines is 1. The minimum absolute atomic E-state index is 0.0942. The molecule has 2 fully saturated rings. The Morgan fingerprint density at radius 1 is 1.00 bits per heavy atom. The Kier molecular flexibility index (Phi) is 6.17. The van der Waals surface area contributed by atoms with Crippen molar-refractivity contribution >= 4 is 29.6 Å². The van der Waals surface area contributed by atoms with Gasteiger partial charge in [0.2, 0.25) is 0 Å². The number of amides is 3. The molecular formula is C31H30N4O4. The van der Waals surface area contributed by atoms with E-state index in [-0.39, 0.29) is 48.0 Å². The predicted molar refractivity (Wildman–Crippen MR) is 148 cm³/mol. The molecule has 0 unspecified atom stereocenters. The number of aryl methyl sites for hydroxylation is 2. The van der Waals surface area contributed by atoms with E-state index in [9.17, 15) is 14.4 Å². The van der Waals surface area contributed by atoms with E-state index in [1.165, 1.54) is 0 Å². The van der Waals surface area contributed by atoms with Crippen LogP contribution in [0.15, 0.2) is 71.9 Å². The summed E-state index contributed by atoms with van der Waals surface area (Å²) in [6, 6.07) is 17.1. The highest BCUT2D eigenvalue weighted by Gasteiger charge is 2.59. The largest absolute Gasteiger partial charge is 0.484 e. The summed E-state index contributed by atoms with van der Waals surface area (Å²) in [6.07, 6.45) is 6.66. The number of nitrogens with one attached hydrogen (secondary N) is 1. The Hall–Kier alpha value is -4.46. The smallest absolute Gasteiger partial charge is 0.262 e. The molecule has 1 saturated heterocycles. The van der Waals surface area contributed by atoms with Crippen molar-refractivity contribution in [1.82, 2.24) is 9.58 Å². The van der Waals surface area contributed by atoms with E-state index in [1.807, 2.05) is 75.4 Å². The summed E-state index contributed by atoms with van der Waals surface area (Å²) in [6.45, 7) is 5.81. The molecule has 3 amide bonds. The third-order valence-corrected chi connectivity index (χ3v) is 8.11. The Morgan fingerprint density at radius 2 is 1.67 bits per heavy atom. The number of benzene rings is 2. The fraction of sp³-hybridized carbons (Fsp3) is 0.290. The quantitative estimate of drug-likeness (QED) is 0.280. The van der Waals surface area contributed by atoms with Gasteiger partial charge in [-0.05, 0) is 81.0 Å². The van der Waals surface area contributed by atoms with E-state index in [0.717, 1.165) is 45.3 Å². The van der Waals surface area contributed by atoms with Crippen LogP contribution in [0, 0.1) is 44.4 Å². The number of hydrazone groups is 1. The number of carbonyl (C=O) groups excluding carboxylic acids is 3. The molecule has 8 heteroatoms. The predicted octanol–water partition coefficient (Wildman–Crippen LogP) is 4.56. The first-order valence-corrected chi connectivity index (χ1v) is 13.2. The van der Waals surface area contributed by atoms with Gasteiger partial charge in [-0.25, -0.2) is 0 Å². The number of carbonyl (C=O) groups is 3. The van der Waals surface area contributed by atoms with Crippen LogP contribution in [-0.2, 0) is 14.4 Å². The molecule has 1 aromatic heterocycles. The molecule has 0 radical (unpaired) electrons. The average Bonchev–Trinajstić information content (AvgIpc) is 3.67. The van der Waals surface area contributed by atoms with Gasteiger partial charge >= 0.3 is 0 Å². The average molecular weight is 523 g/mol. The number of aromatic nitrogens is 1. The van der Waals surface area contributed by atoms with Gasteiger partial charge in [-0.1, -0.05) is 30.4 Å².